The molecular weight excluding hydrogens is 266 g/mol. The van der Waals surface area contributed by atoms with Gasteiger partial charge in [0.25, 0.3) is 16.0 Å². The van der Waals surface area contributed by atoms with Crippen molar-refractivity contribution in [2.24, 2.45) is 0 Å². The van der Waals surface area contributed by atoms with Crippen molar-refractivity contribution in [3.63, 3.8) is 0 Å². The number of anilines is 1. The van der Waals surface area contributed by atoms with Crippen LogP contribution < -0.4 is 4.72 Å². The zero-order valence-corrected chi connectivity index (χ0v) is 10.9. The Labute approximate surface area is 110 Å². The molecule has 19 heavy (non-hydrogen) atoms. The minimum absolute atomic E-state index is 0.00130. The van der Waals surface area contributed by atoms with Crippen molar-refractivity contribution in [1.29, 1.82) is 5.26 Å². The molecule has 0 saturated carbocycles. The van der Waals surface area contributed by atoms with Crippen LogP contribution in [0.15, 0.2) is 29.2 Å². The Hall–Kier alpha value is -2.40. The normalized spacial score (nSPS) is 10.9. The fourth-order valence-electron chi connectivity index (χ4n) is 1.45. The van der Waals surface area contributed by atoms with E-state index < -0.39 is 10.0 Å². The summed E-state index contributed by atoms with van der Waals surface area (Å²) in [5.41, 5.74) is 0.759. The lowest BCUT2D eigenvalue weighted by atomic mass is 10.2. The van der Waals surface area contributed by atoms with Gasteiger partial charge in [-0.3, -0.25) is 5.10 Å². The molecule has 0 atom stereocenters. The maximum absolute atomic E-state index is 12.0. The molecule has 8 heteroatoms. The number of rotatable bonds is 4. The second kappa shape index (κ2) is 5.07. The molecule has 0 saturated heterocycles. The van der Waals surface area contributed by atoms with Crippen molar-refractivity contribution in [1.82, 2.24) is 15.2 Å². The summed E-state index contributed by atoms with van der Waals surface area (Å²) in [6.45, 7) is 1.67. The molecule has 2 aromatic rings. The number of sulfonamides is 1. The molecule has 0 aliphatic carbocycles. The van der Waals surface area contributed by atoms with Gasteiger partial charge >= 0.3 is 0 Å². The van der Waals surface area contributed by atoms with Crippen LogP contribution in [0, 0.1) is 18.3 Å². The van der Waals surface area contributed by atoms with Gasteiger partial charge in [-0.25, -0.2) is 13.1 Å². The highest BCUT2D eigenvalue weighted by Crippen LogP contribution is 2.14. The van der Waals surface area contributed by atoms with Crippen molar-refractivity contribution in [2.75, 3.05) is 4.72 Å². The summed E-state index contributed by atoms with van der Waals surface area (Å²) in [5, 5.41) is 14.8. The van der Waals surface area contributed by atoms with Gasteiger partial charge in [-0.2, -0.15) is 10.2 Å². The fourth-order valence-corrected chi connectivity index (χ4v) is 2.39. The minimum Gasteiger partial charge on any atom is -0.261 e. The standard InChI is InChI=1S/C11H11N5O2S/c1-8-13-11(15-14-8)16-19(17,18)10-4-2-9(3-5-10)6-7-12/h2-5H,6H2,1H3,(H2,13,14,15,16). The molecular formula is C11H11N5O2S. The Bertz CT molecular complexity index is 712. The lowest BCUT2D eigenvalue weighted by Gasteiger charge is -2.04. The molecule has 0 fully saturated rings. The van der Waals surface area contributed by atoms with E-state index in [1.807, 2.05) is 6.07 Å². The molecule has 0 radical (unpaired) electrons. The third-order valence-electron chi connectivity index (χ3n) is 2.34. The zero-order chi connectivity index (χ0) is 13.9. The third kappa shape index (κ3) is 3.08. The summed E-state index contributed by atoms with van der Waals surface area (Å²) < 4.78 is 26.3. The number of nitriles is 1. The van der Waals surface area contributed by atoms with Gasteiger partial charge in [-0.05, 0) is 24.6 Å². The summed E-state index contributed by atoms with van der Waals surface area (Å²) in [5.74, 6) is 0.515. The van der Waals surface area contributed by atoms with Gasteiger partial charge in [-0.1, -0.05) is 12.1 Å². The molecule has 0 amide bonds. The van der Waals surface area contributed by atoms with Crippen LogP contribution in [0.25, 0.3) is 0 Å². The summed E-state index contributed by atoms with van der Waals surface area (Å²) in [4.78, 5) is 3.96. The average Bonchev–Trinajstić information content (AvgIpc) is 2.75. The van der Waals surface area contributed by atoms with Crippen LogP contribution in [-0.4, -0.2) is 23.6 Å². The molecule has 7 nitrogen and oxygen atoms in total. The number of hydrogen-bond donors (Lipinski definition) is 2. The van der Waals surface area contributed by atoms with Gasteiger partial charge in [0.05, 0.1) is 17.4 Å². The van der Waals surface area contributed by atoms with Gasteiger partial charge in [0.1, 0.15) is 5.82 Å². The number of aromatic nitrogens is 3. The Balaban J connectivity index is 2.22. The molecule has 0 aliphatic heterocycles. The second-order valence-electron chi connectivity index (χ2n) is 3.83. The van der Waals surface area contributed by atoms with Crippen molar-refractivity contribution in [3.8, 4) is 6.07 Å². The van der Waals surface area contributed by atoms with E-state index in [1.54, 1.807) is 19.1 Å². The first-order valence-corrected chi connectivity index (χ1v) is 6.87. The summed E-state index contributed by atoms with van der Waals surface area (Å²) in [6.07, 6.45) is 0.244. The summed E-state index contributed by atoms with van der Waals surface area (Å²) >= 11 is 0. The molecule has 98 valence electrons. The van der Waals surface area contributed by atoms with E-state index in [-0.39, 0.29) is 17.3 Å². The van der Waals surface area contributed by atoms with Crippen molar-refractivity contribution < 1.29 is 8.42 Å². The van der Waals surface area contributed by atoms with Crippen molar-refractivity contribution >= 4 is 16.0 Å². The van der Waals surface area contributed by atoms with E-state index in [1.165, 1.54) is 12.1 Å². The first kappa shape index (κ1) is 13.0. The number of benzene rings is 1. The smallest absolute Gasteiger partial charge is 0.261 e. The highest BCUT2D eigenvalue weighted by Gasteiger charge is 2.16. The SMILES string of the molecule is Cc1nc(NS(=O)(=O)c2ccc(CC#N)cc2)n[nH]1. The lowest BCUT2D eigenvalue weighted by Crippen LogP contribution is -2.14. The topological polar surface area (TPSA) is 112 Å². The molecule has 1 aromatic heterocycles. The Morgan fingerprint density at radius 1 is 1.37 bits per heavy atom. The van der Waals surface area contributed by atoms with Crippen molar-refractivity contribution in [3.05, 3.63) is 35.7 Å². The molecule has 0 bridgehead atoms. The molecule has 2 rings (SSSR count). The maximum Gasteiger partial charge on any atom is 0.264 e. The van der Waals surface area contributed by atoms with Gasteiger partial charge in [0.15, 0.2) is 0 Å². The molecule has 1 aromatic carbocycles. The zero-order valence-electron chi connectivity index (χ0n) is 10.1. The number of aromatic amines is 1. The van der Waals surface area contributed by atoms with Gasteiger partial charge in [-0.15, -0.1) is 5.10 Å². The summed E-state index contributed by atoms with van der Waals surface area (Å²) in [6, 6.07) is 8.07. The first-order chi connectivity index (χ1) is 9.01. The van der Waals surface area contributed by atoms with Crippen molar-refractivity contribution in [2.45, 2.75) is 18.2 Å². The fraction of sp³-hybridized carbons (Fsp3) is 0.182. The van der Waals surface area contributed by atoms with E-state index in [4.69, 9.17) is 5.26 Å². The number of nitrogens with one attached hydrogen (secondary N) is 2. The second-order valence-corrected chi connectivity index (χ2v) is 5.51. The maximum atomic E-state index is 12.0. The molecule has 0 aliphatic rings. The van der Waals surface area contributed by atoms with Gasteiger partial charge in [0, 0.05) is 0 Å². The lowest BCUT2D eigenvalue weighted by molar-refractivity contribution is 0.601. The first-order valence-electron chi connectivity index (χ1n) is 5.39. The van der Waals surface area contributed by atoms with E-state index >= 15 is 0 Å². The quantitative estimate of drug-likeness (QED) is 0.865. The molecule has 2 N–H and O–H groups in total. The third-order valence-corrected chi connectivity index (χ3v) is 3.68. The number of aryl methyl sites for hydroxylation is 1. The van der Waals surface area contributed by atoms with E-state index in [0.717, 1.165) is 5.56 Å². The predicted octanol–water partition coefficient (Wildman–Crippen LogP) is 0.980. The van der Waals surface area contributed by atoms with Crippen LogP contribution in [0.2, 0.25) is 0 Å². The van der Waals surface area contributed by atoms with Crippen LogP contribution >= 0.6 is 0 Å². The Morgan fingerprint density at radius 3 is 2.58 bits per heavy atom. The van der Waals surface area contributed by atoms with Gasteiger partial charge < -0.3 is 0 Å². The summed E-state index contributed by atoms with van der Waals surface area (Å²) in [7, 11) is -3.71. The highest BCUT2D eigenvalue weighted by atomic mass is 32.2. The van der Waals surface area contributed by atoms with E-state index in [9.17, 15) is 8.42 Å². The monoisotopic (exact) mass is 277 g/mol. The van der Waals surface area contributed by atoms with Crippen LogP contribution in [-0.2, 0) is 16.4 Å². The van der Waals surface area contributed by atoms with Crippen LogP contribution in [0.4, 0.5) is 5.95 Å². The Morgan fingerprint density at radius 2 is 2.05 bits per heavy atom. The number of nitrogens with zero attached hydrogens (tertiary/aromatic N) is 3. The van der Waals surface area contributed by atoms with E-state index in [2.05, 4.69) is 19.9 Å². The van der Waals surface area contributed by atoms with E-state index in [0.29, 0.717) is 5.82 Å². The predicted molar refractivity (Wildman–Crippen MR) is 67.7 cm³/mol. The minimum atomic E-state index is -3.71. The number of H-pyrrole nitrogens is 1. The highest BCUT2D eigenvalue weighted by molar-refractivity contribution is 7.92. The van der Waals surface area contributed by atoms with Crippen LogP contribution in [0.1, 0.15) is 11.4 Å². The molecule has 0 unspecified atom stereocenters. The largest absolute Gasteiger partial charge is 0.264 e. The Kier molecular flexibility index (Phi) is 3.48. The van der Waals surface area contributed by atoms with Crippen LogP contribution in [0.5, 0.6) is 0 Å². The van der Waals surface area contributed by atoms with Crippen LogP contribution in [0.3, 0.4) is 0 Å². The average molecular weight is 277 g/mol. The molecule has 1 heterocycles. The number of hydrogen-bond acceptors (Lipinski definition) is 5. The molecule has 0 spiro atoms. The van der Waals surface area contributed by atoms with Gasteiger partial charge in [0.2, 0.25) is 0 Å².